The molecular formula is C7H12N2O3. The molecule has 1 atom stereocenters. The van der Waals surface area contributed by atoms with E-state index in [4.69, 9.17) is 9.84 Å². The lowest BCUT2D eigenvalue weighted by atomic mass is 10.3. The minimum absolute atomic E-state index is 0.500. The predicted molar refractivity (Wildman–Crippen MR) is 41.5 cm³/mol. The van der Waals surface area contributed by atoms with Crippen LogP contribution in [0, 0.1) is 0 Å². The van der Waals surface area contributed by atoms with Gasteiger partial charge in [0, 0.05) is 13.1 Å². The van der Waals surface area contributed by atoms with E-state index in [1.165, 1.54) is 0 Å². The normalized spacial score (nSPS) is 29.9. The van der Waals surface area contributed by atoms with Gasteiger partial charge >= 0.3 is 0 Å². The largest absolute Gasteiger partial charge is 0.378 e. The number of nitrogens with zero attached hydrogens (tertiary/aromatic N) is 2. The number of aliphatic hydroxyl groups excluding tert-OH is 1. The molecular weight excluding hydrogens is 160 g/mol. The summed E-state index contributed by atoms with van der Waals surface area (Å²) in [6.45, 7) is 3.15. The second-order valence-corrected chi connectivity index (χ2v) is 2.87. The molecule has 0 bridgehead atoms. The predicted octanol–water partition coefficient (Wildman–Crippen LogP) is -0.629. The maximum atomic E-state index is 9.04. The van der Waals surface area contributed by atoms with Gasteiger partial charge in [-0.05, 0) is 0 Å². The Bertz CT molecular complexity index is 189. The Kier molecular flexibility index (Phi) is 2.14. The van der Waals surface area contributed by atoms with Crippen molar-refractivity contribution in [3.05, 3.63) is 0 Å². The third kappa shape index (κ3) is 1.51. The molecule has 0 aromatic carbocycles. The zero-order valence-electron chi connectivity index (χ0n) is 6.77. The highest BCUT2D eigenvalue weighted by Gasteiger charge is 2.24. The highest BCUT2D eigenvalue weighted by Crippen LogP contribution is 2.12. The minimum Gasteiger partial charge on any atom is -0.378 e. The summed E-state index contributed by atoms with van der Waals surface area (Å²) in [7, 11) is 0. The fourth-order valence-corrected chi connectivity index (χ4v) is 1.36. The Morgan fingerprint density at radius 1 is 1.42 bits per heavy atom. The molecule has 1 fully saturated rings. The van der Waals surface area contributed by atoms with E-state index in [1.807, 2.05) is 0 Å². The Morgan fingerprint density at radius 2 is 2.17 bits per heavy atom. The van der Waals surface area contributed by atoms with E-state index in [-0.39, 0.29) is 0 Å². The molecule has 0 amide bonds. The SMILES string of the molecule is OC1CC(N2CCOCC2)=NO1. The van der Waals surface area contributed by atoms with Gasteiger partial charge < -0.3 is 19.6 Å². The summed E-state index contributed by atoms with van der Waals surface area (Å²) in [5.41, 5.74) is 0. The van der Waals surface area contributed by atoms with Gasteiger partial charge in [0.2, 0.25) is 6.29 Å². The van der Waals surface area contributed by atoms with E-state index in [0.29, 0.717) is 6.42 Å². The molecule has 5 heteroatoms. The molecule has 0 aromatic rings. The number of ether oxygens (including phenoxy) is 1. The summed E-state index contributed by atoms with van der Waals surface area (Å²) in [6.07, 6.45) is -0.247. The van der Waals surface area contributed by atoms with E-state index in [9.17, 15) is 0 Å². The Morgan fingerprint density at radius 3 is 2.75 bits per heavy atom. The zero-order chi connectivity index (χ0) is 8.39. The van der Waals surface area contributed by atoms with Crippen LogP contribution in [0.3, 0.4) is 0 Å². The van der Waals surface area contributed by atoms with E-state index in [1.54, 1.807) is 0 Å². The minimum atomic E-state index is -0.747. The first-order chi connectivity index (χ1) is 5.86. The summed E-state index contributed by atoms with van der Waals surface area (Å²) < 4.78 is 5.19. The van der Waals surface area contributed by atoms with E-state index in [2.05, 4.69) is 14.9 Å². The van der Waals surface area contributed by atoms with Crippen LogP contribution in [0.25, 0.3) is 0 Å². The lowest BCUT2D eigenvalue weighted by molar-refractivity contribution is -0.0762. The van der Waals surface area contributed by atoms with Crippen LogP contribution in [0.15, 0.2) is 5.16 Å². The van der Waals surface area contributed by atoms with Crippen molar-refractivity contribution in [2.75, 3.05) is 26.3 Å². The van der Waals surface area contributed by atoms with Crippen molar-refractivity contribution in [2.45, 2.75) is 12.7 Å². The molecule has 0 spiro atoms. The molecule has 0 aromatic heterocycles. The molecule has 2 aliphatic heterocycles. The summed E-state index contributed by atoms with van der Waals surface area (Å²) >= 11 is 0. The molecule has 2 aliphatic rings. The van der Waals surface area contributed by atoms with Gasteiger partial charge in [0.05, 0.1) is 19.6 Å². The Balaban J connectivity index is 1.91. The van der Waals surface area contributed by atoms with Gasteiger partial charge in [0.15, 0.2) is 5.84 Å². The first-order valence-corrected chi connectivity index (χ1v) is 4.10. The molecule has 2 heterocycles. The maximum absolute atomic E-state index is 9.04. The molecule has 12 heavy (non-hydrogen) atoms. The average molecular weight is 172 g/mol. The standard InChI is InChI=1S/C7H12N2O3/c10-7-5-6(8-12-7)9-1-3-11-4-2-9/h7,10H,1-5H2. The third-order valence-electron chi connectivity index (χ3n) is 2.01. The van der Waals surface area contributed by atoms with E-state index < -0.39 is 6.29 Å². The summed E-state index contributed by atoms with van der Waals surface area (Å²) in [6, 6.07) is 0. The second kappa shape index (κ2) is 3.28. The highest BCUT2D eigenvalue weighted by molar-refractivity contribution is 5.83. The molecule has 2 rings (SSSR count). The third-order valence-corrected chi connectivity index (χ3v) is 2.01. The van der Waals surface area contributed by atoms with Gasteiger partial charge in [-0.25, -0.2) is 0 Å². The van der Waals surface area contributed by atoms with Crippen LogP contribution in [0.2, 0.25) is 0 Å². The molecule has 0 saturated carbocycles. The number of morpholine rings is 1. The van der Waals surface area contributed by atoms with Crippen molar-refractivity contribution in [3.8, 4) is 0 Å². The smallest absolute Gasteiger partial charge is 0.231 e. The molecule has 1 N–H and O–H groups in total. The summed E-state index contributed by atoms with van der Waals surface area (Å²) in [4.78, 5) is 6.76. The number of aliphatic hydroxyl groups is 1. The number of hydrogen-bond donors (Lipinski definition) is 1. The van der Waals surface area contributed by atoms with Crippen molar-refractivity contribution >= 4 is 5.84 Å². The molecule has 5 nitrogen and oxygen atoms in total. The number of oxime groups is 1. The highest BCUT2D eigenvalue weighted by atomic mass is 16.7. The van der Waals surface area contributed by atoms with Crippen LogP contribution < -0.4 is 0 Å². The fraction of sp³-hybridized carbons (Fsp3) is 0.857. The van der Waals surface area contributed by atoms with Crippen molar-refractivity contribution in [1.29, 1.82) is 0 Å². The Hall–Kier alpha value is -0.810. The van der Waals surface area contributed by atoms with Crippen molar-refractivity contribution in [1.82, 2.24) is 4.90 Å². The maximum Gasteiger partial charge on any atom is 0.231 e. The van der Waals surface area contributed by atoms with Crippen molar-refractivity contribution in [2.24, 2.45) is 5.16 Å². The van der Waals surface area contributed by atoms with Gasteiger partial charge in [-0.15, -0.1) is 0 Å². The van der Waals surface area contributed by atoms with Gasteiger partial charge in [0.25, 0.3) is 0 Å². The lowest BCUT2D eigenvalue weighted by Crippen LogP contribution is -2.40. The first kappa shape index (κ1) is 7.82. The quantitative estimate of drug-likeness (QED) is 0.528. The van der Waals surface area contributed by atoms with Crippen LogP contribution >= 0.6 is 0 Å². The molecule has 68 valence electrons. The lowest BCUT2D eigenvalue weighted by Gasteiger charge is -2.27. The zero-order valence-corrected chi connectivity index (χ0v) is 6.77. The van der Waals surface area contributed by atoms with Crippen LogP contribution in [0.5, 0.6) is 0 Å². The Labute approximate surface area is 70.5 Å². The first-order valence-electron chi connectivity index (χ1n) is 4.10. The van der Waals surface area contributed by atoms with Gasteiger partial charge in [-0.1, -0.05) is 5.16 Å². The summed E-state index contributed by atoms with van der Waals surface area (Å²) in [5.74, 6) is 0.839. The van der Waals surface area contributed by atoms with Gasteiger partial charge in [-0.3, -0.25) is 0 Å². The van der Waals surface area contributed by atoms with Crippen molar-refractivity contribution in [3.63, 3.8) is 0 Å². The van der Waals surface area contributed by atoms with Gasteiger partial charge in [0.1, 0.15) is 0 Å². The molecule has 1 unspecified atom stereocenters. The number of amidine groups is 1. The van der Waals surface area contributed by atoms with Crippen LogP contribution in [0.1, 0.15) is 6.42 Å². The fourth-order valence-electron chi connectivity index (χ4n) is 1.36. The molecule has 0 aliphatic carbocycles. The average Bonchev–Trinajstić information content (AvgIpc) is 2.54. The monoisotopic (exact) mass is 172 g/mol. The van der Waals surface area contributed by atoms with Crippen LogP contribution in [0.4, 0.5) is 0 Å². The van der Waals surface area contributed by atoms with Gasteiger partial charge in [-0.2, -0.15) is 0 Å². The topological polar surface area (TPSA) is 54.3 Å². The van der Waals surface area contributed by atoms with Crippen molar-refractivity contribution < 1.29 is 14.7 Å². The molecule has 0 radical (unpaired) electrons. The van der Waals surface area contributed by atoms with Crippen LogP contribution in [-0.2, 0) is 9.57 Å². The second-order valence-electron chi connectivity index (χ2n) is 2.87. The van der Waals surface area contributed by atoms with Crippen LogP contribution in [-0.4, -0.2) is 48.4 Å². The summed E-state index contributed by atoms with van der Waals surface area (Å²) in [5, 5.41) is 12.8. The number of rotatable bonds is 0. The van der Waals surface area contributed by atoms with E-state index in [0.717, 1.165) is 32.1 Å². The molecule has 1 saturated heterocycles. The van der Waals surface area contributed by atoms with E-state index >= 15 is 0 Å². The number of hydrogen-bond acceptors (Lipinski definition) is 5.